The molecule has 0 aromatic heterocycles. The van der Waals surface area contributed by atoms with Crippen molar-refractivity contribution in [2.45, 2.75) is 52.2 Å². The minimum absolute atomic E-state index is 0.150. The summed E-state index contributed by atoms with van der Waals surface area (Å²) in [6.45, 7) is 7.67. The van der Waals surface area contributed by atoms with Crippen LogP contribution in [0.1, 0.15) is 39.7 Å². The maximum atomic E-state index is 11.0. The molecule has 0 saturated carbocycles. The highest BCUT2D eigenvalue weighted by Crippen LogP contribution is 2.15. The Morgan fingerprint density at radius 3 is 2.42 bits per heavy atom. The molecular formula is C16H24O3. The predicted octanol–water partition coefficient (Wildman–Crippen LogP) is 3.37. The lowest BCUT2D eigenvalue weighted by Crippen LogP contribution is -2.35. The van der Waals surface area contributed by atoms with Crippen molar-refractivity contribution in [3.05, 3.63) is 35.9 Å². The third kappa shape index (κ3) is 6.39. The molecule has 0 spiro atoms. The third-order valence-corrected chi connectivity index (χ3v) is 2.85. The zero-order valence-corrected chi connectivity index (χ0v) is 12.3. The summed E-state index contributed by atoms with van der Waals surface area (Å²) in [6, 6.07) is 10.3. The van der Waals surface area contributed by atoms with E-state index in [1.807, 2.05) is 32.0 Å². The van der Waals surface area contributed by atoms with Crippen LogP contribution in [-0.2, 0) is 20.7 Å². The monoisotopic (exact) mass is 264 g/mol. The molecule has 0 heterocycles. The molecule has 3 nitrogen and oxygen atoms in total. The molecule has 0 bridgehead atoms. The first-order valence-corrected chi connectivity index (χ1v) is 6.78. The van der Waals surface area contributed by atoms with Crippen molar-refractivity contribution in [3.8, 4) is 0 Å². The number of hydrogen-bond donors (Lipinski definition) is 0. The highest BCUT2D eigenvalue weighted by molar-refractivity contribution is 5.66. The summed E-state index contributed by atoms with van der Waals surface area (Å²) >= 11 is 0. The van der Waals surface area contributed by atoms with Crippen LogP contribution in [0.3, 0.4) is 0 Å². The van der Waals surface area contributed by atoms with Crippen LogP contribution in [0.15, 0.2) is 30.3 Å². The van der Waals surface area contributed by atoms with Crippen molar-refractivity contribution >= 4 is 5.97 Å². The van der Waals surface area contributed by atoms with E-state index in [0.29, 0.717) is 6.61 Å². The SMILES string of the molecule is CC[C@H](Cc1ccccc1)OCC(C)(C)OC(C)=O. The van der Waals surface area contributed by atoms with E-state index in [0.717, 1.165) is 12.8 Å². The predicted molar refractivity (Wildman–Crippen MR) is 76.0 cm³/mol. The molecule has 1 aromatic rings. The zero-order chi connectivity index (χ0) is 14.3. The fourth-order valence-corrected chi connectivity index (χ4v) is 1.94. The van der Waals surface area contributed by atoms with E-state index >= 15 is 0 Å². The van der Waals surface area contributed by atoms with Crippen LogP contribution < -0.4 is 0 Å². The summed E-state index contributed by atoms with van der Waals surface area (Å²) in [6.07, 6.45) is 1.97. The van der Waals surface area contributed by atoms with Crippen LogP contribution >= 0.6 is 0 Å². The van der Waals surface area contributed by atoms with Crippen molar-refractivity contribution in [1.29, 1.82) is 0 Å². The first kappa shape index (κ1) is 15.7. The molecule has 19 heavy (non-hydrogen) atoms. The van der Waals surface area contributed by atoms with Crippen molar-refractivity contribution in [3.63, 3.8) is 0 Å². The highest BCUT2D eigenvalue weighted by atomic mass is 16.6. The molecule has 1 rings (SSSR count). The van der Waals surface area contributed by atoms with Crippen molar-refractivity contribution in [1.82, 2.24) is 0 Å². The van der Waals surface area contributed by atoms with E-state index in [2.05, 4.69) is 19.1 Å². The van der Waals surface area contributed by atoms with Gasteiger partial charge in [-0.15, -0.1) is 0 Å². The Hall–Kier alpha value is -1.35. The Kier molecular flexibility index (Phi) is 6.03. The fraction of sp³-hybridized carbons (Fsp3) is 0.562. The minimum Gasteiger partial charge on any atom is -0.457 e. The van der Waals surface area contributed by atoms with Crippen LogP contribution in [0.5, 0.6) is 0 Å². The summed E-state index contributed by atoms with van der Waals surface area (Å²) in [4.78, 5) is 11.0. The zero-order valence-electron chi connectivity index (χ0n) is 12.3. The van der Waals surface area contributed by atoms with E-state index in [9.17, 15) is 4.79 Å². The standard InChI is InChI=1S/C16H24O3/c1-5-15(11-14-9-7-6-8-10-14)18-12-16(3,4)19-13(2)17/h6-10,15H,5,11-12H2,1-4H3/t15-/m1/s1. The van der Waals surface area contributed by atoms with Crippen LogP contribution in [0.2, 0.25) is 0 Å². The maximum Gasteiger partial charge on any atom is 0.303 e. The van der Waals surface area contributed by atoms with Crippen LogP contribution in [0.4, 0.5) is 0 Å². The number of esters is 1. The molecule has 0 saturated heterocycles. The third-order valence-electron chi connectivity index (χ3n) is 2.85. The van der Waals surface area contributed by atoms with Gasteiger partial charge in [0.2, 0.25) is 0 Å². The Labute approximate surface area is 115 Å². The number of carbonyl (C=O) groups excluding carboxylic acids is 1. The van der Waals surface area contributed by atoms with Gasteiger partial charge in [-0.25, -0.2) is 0 Å². The molecule has 0 fully saturated rings. The second-order valence-electron chi connectivity index (χ2n) is 5.38. The van der Waals surface area contributed by atoms with Gasteiger partial charge in [0.05, 0.1) is 12.7 Å². The van der Waals surface area contributed by atoms with E-state index in [1.54, 1.807) is 0 Å². The maximum absolute atomic E-state index is 11.0. The highest BCUT2D eigenvalue weighted by Gasteiger charge is 2.23. The molecule has 1 atom stereocenters. The normalized spacial score (nSPS) is 13.1. The Balaban J connectivity index is 2.47. The van der Waals surface area contributed by atoms with Gasteiger partial charge in [0.1, 0.15) is 5.60 Å². The largest absolute Gasteiger partial charge is 0.457 e. The quantitative estimate of drug-likeness (QED) is 0.708. The molecular weight excluding hydrogens is 240 g/mol. The lowest BCUT2D eigenvalue weighted by molar-refractivity contribution is -0.161. The van der Waals surface area contributed by atoms with Gasteiger partial charge in [0.25, 0.3) is 0 Å². The summed E-state index contributed by atoms with van der Waals surface area (Å²) in [5.74, 6) is -0.273. The molecule has 0 unspecified atom stereocenters. The van der Waals surface area contributed by atoms with Gasteiger partial charge in [-0.2, -0.15) is 0 Å². The number of carbonyl (C=O) groups is 1. The minimum atomic E-state index is -0.573. The average Bonchev–Trinajstić information content (AvgIpc) is 2.34. The number of benzene rings is 1. The van der Waals surface area contributed by atoms with Gasteiger partial charge < -0.3 is 9.47 Å². The van der Waals surface area contributed by atoms with E-state index < -0.39 is 5.60 Å². The summed E-state index contributed by atoms with van der Waals surface area (Å²) in [7, 11) is 0. The second kappa shape index (κ2) is 7.29. The van der Waals surface area contributed by atoms with Gasteiger partial charge in [-0.3, -0.25) is 4.79 Å². The van der Waals surface area contributed by atoms with Crippen molar-refractivity contribution in [2.24, 2.45) is 0 Å². The number of rotatable bonds is 7. The van der Waals surface area contributed by atoms with Gasteiger partial charge in [-0.1, -0.05) is 37.3 Å². The summed E-state index contributed by atoms with van der Waals surface area (Å²) in [5.41, 5.74) is 0.690. The number of hydrogen-bond acceptors (Lipinski definition) is 3. The molecule has 106 valence electrons. The Morgan fingerprint density at radius 1 is 1.26 bits per heavy atom. The smallest absolute Gasteiger partial charge is 0.303 e. The van der Waals surface area contributed by atoms with Gasteiger partial charge in [0, 0.05) is 6.92 Å². The topological polar surface area (TPSA) is 35.5 Å². The number of ether oxygens (including phenoxy) is 2. The van der Waals surface area contributed by atoms with Gasteiger partial charge in [0.15, 0.2) is 0 Å². The van der Waals surface area contributed by atoms with Crippen molar-refractivity contribution in [2.75, 3.05) is 6.61 Å². The van der Waals surface area contributed by atoms with E-state index in [-0.39, 0.29) is 12.1 Å². The molecule has 1 aromatic carbocycles. The lowest BCUT2D eigenvalue weighted by Gasteiger charge is -2.27. The van der Waals surface area contributed by atoms with Crippen LogP contribution in [-0.4, -0.2) is 24.3 Å². The first-order valence-electron chi connectivity index (χ1n) is 6.78. The van der Waals surface area contributed by atoms with Crippen LogP contribution in [0.25, 0.3) is 0 Å². The van der Waals surface area contributed by atoms with Crippen LogP contribution in [0, 0.1) is 0 Å². The van der Waals surface area contributed by atoms with E-state index in [1.165, 1.54) is 12.5 Å². The Bertz CT molecular complexity index is 384. The summed E-state index contributed by atoms with van der Waals surface area (Å²) in [5, 5.41) is 0. The molecule has 3 heteroatoms. The molecule has 0 N–H and O–H groups in total. The lowest BCUT2D eigenvalue weighted by atomic mass is 10.1. The van der Waals surface area contributed by atoms with Crippen molar-refractivity contribution < 1.29 is 14.3 Å². The van der Waals surface area contributed by atoms with Gasteiger partial charge >= 0.3 is 5.97 Å². The molecule has 0 aliphatic heterocycles. The first-order chi connectivity index (χ1) is 8.93. The molecule has 0 aliphatic rings. The second-order valence-corrected chi connectivity index (χ2v) is 5.38. The Morgan fingerprint density at radius 2 is 1.89 bits per heavy atom. The summed E-state index contributed by atoms with van der Waals surface area (Å²) < 4.78 is 11.1. The molecule has 0 aliphatic carbocycles. The van der Waals surface area contributed by atoms with E-state index in [4.69, 9.17) is 9.47 Å². The average molecular weight is 264 g/mol. The molecule has 0 radical (unpaired) electrons. The molecule has 0 amide bonds. The van der Waals surface area contributed by atoms with Gasteiger partial charge in [-0.05, 0) is 32.3 Å². The fourth-order valence-electron chi connectivity index (χ4n) is 1.94.